The summed E-state index contributed by atoms with van der Waals surface area (Å²) in [5.41, 5.74) is 0.0236. The third kappa shape index (κ3) is 8.85. The number of imide groups is 1. The Kier molecular flexibility index (Phi) is 9.32. The normalized spacial score (nSPS) is 18.6. The molecule has 32 heavy (non-hydrogen) atoms. The minimum Gasteiger partial charge on any atom is -0.286 e. The molecule has 7 heteroatoms. The predicted molar refractivity (Wildman–Crippen MR) is 135 cm³/mol. The van der Waals surface area contributed by atoms with Crippen LogP contribution in [-0.4, -0.2) is 43.0 Å². The molecular formula is C25H43NO4S2. The van der Waals surface area contributed by atoms with Crippen LogP contribution in [-0.2, 0) is 19.2 Å². The van der Waals surface area contributed by atoms with E-state index in [9.17, 15) is 19.2 Å². The lowest BCUT2D eigenvalue weighted by Crippen LogP contribution is -2.39. The van der Waals surface area contributed by atoms with Crippen LogP contribution in [0, 0.1) is 22.7 Å². The molecule has 1 rings (SSSR count). The fourth-order valence-electron chi connectivity index (χ4n) is 5.02. The number of nitrogens with zero attached hydrogens (tertiary/aromatic N) is 1. The van der Waals surface area contributed by atoms with Crippen molar-refractivity contribution in [3.63, 3.8) is 0 Å². The summed E-state index contributed by atoms with van der Waals surface area (Å²) in [7, 11) is 0. The van der Waals surface area contributed by atoms with Crippen LogP contribution in [0.4, 0.5) is 0 Å². The van der Waals surface area contributed by atoms with E-state index in [0.29, 0.717) is 0 Å². The monoisotopic (exact) mass is 485 g/mol. The molecule has 0 aromatic carbocycles. The molecule has 0 aromatic rings. The molecule has 1 heterocycles. The van der Waals surface area contributed by atoms with Crippen LogP contribution in [0.1, 0.15) is 95.4 Å². The van der Waals surface area contributed by atoms with Crippen LogP contribution in [0.2, 0.25) is 0 Å². The molecule has 184 valence electrons. The van der Waals surface area contributed by atoms with E-state index < -0.39 is 27.2 Å². The molecule has 0 aliphatic carbocycles. The maximum absolute atomic E-state index is 13.5. The van der Waals surface area contributed by atoms with Crippen molar-refractivity contribution >= 4 is 45.6 Å². The van der Waals surface area contributed by atoms with E-state index in [-0.39, 0.29) is 39.9 Å². The number of carbonyl (C=O) groups is 4. The topological polar surface area (TPSA) is 71.5 Å². The zero-order valence-corrected chi connectivity index (χ0v) is 23.5. The van der Waals surface area contributed by atoms with Gasteiger partial charge in [-0.1, -0.05) is 92.8 Å². The van der Waals surface area contributed by atoms with Gasteiger partial charge in [0.25, 0.3) is 0 Å². The lowest BCUT2D eigenvalue weighted by molar-refractivity contribution is -0.141. The Labute approximate surface area is 203 Å². The molecule has 5 nitrogen and oxygen atoms in total. The van der Waals surface area contributed by atoms with E-state index in [1.807, 2.05) is 27.7 Å². The first kappa shape index (κ1) is 29.2. The van der Waals surface area contributed by atoms with E-state index in [1.165, 1.54) is 4.90 Å². The Morgan fingerprint density at radius 3 is 1.50 bits per heavy atom. The number of rotatable bonds is 8. The zero-order chi connectivity index (χ0) is 25.3. The molecule has 1 saturated heterocycles. The molecule has 0 saturated carbocycles. The summed E-state index contributed by atoms with van der Waals surface area (Å²) in [6.45, 7) is 22.7. The van der Waals surface area contributed by atoms with Crippen molar-refractivity contribution in [3.8, 4) is 0 Å². The first-order valence-corrected chi connectivity index (χ1v) is 13.1. The molecule has 1 aliphatic rings. The molecule has 1 fully saturated rings. The summed E-state index contributed by atoms with van der Waals surface area (Å²) in [4.78, 5) is 53.6. The standard InChI is InChI=1S/C25H43NO4S2/c1-12-26-17(27)13-16(19(26)28)18(20(29)31-24(8,9)14-22(2,3)4)21(30)32-25(10,11)15-23(5,6)7/h16,18H,12-15H2,1-11H3/t16-/m0/s1. The lowest BCUT2D eigenvalue weighted by Gasteiger charge is -2.34. The molecular weight excluding hydrogens is 442 g/mol. The second kappa shape index (κ2) is 10.2. The van der Waals surface area contributed by atoms with Gasteiger partial charge < -0.3 is 0 Å². The number of carbonyl (C=O) groups excluding carboxylic acids is 4. The Morgan fingerprint density at radius 2 is 1.22 bits per heavy atom. The predicted octanol–water partition coefficient (Wildman–Crippen LogP) is 5.95. The molecule has 0 N–H and O–H groups in total. The Morgan fingerprint density at radius 1 is 0.844 bits per heavy atom. The summed E-state index contributed by atoms with van der Waals surface area (Å²) in [5, 5.41) is -0.597. The summed E-state index contributed by atoms with van der Waals surface area (Å²) < 4.78 is -0.787. The minimum atomic E-state index is -1.11. The van der Waals surface area contributed by atoms with Crippen molar-refractivity contribution in [2.75, 3.05) is 6.54 Å². The van der Waals surface area contributed by atoms with Crippen molar-refractivity contribution in [1.29, 1.82) is 0 Å². The number of likely N-dealkylation sites (tertiary alicyclic amines) is 1. The highest BCUT2D eigenvalue weighted by atomic mass is 32.2. The number of thioether (sulfide) groups is 2. The van der Waals surface area contributed by atoms with Crippen molar-refractivity contribution in [2.45, 2.75) is 105 Å². The first-order valence-electron chi connectivity index (χ1n) is 11.5. The van der Waals surface area contributed by atoms with Gasteiger partial charge in [0.15, 0.2) is 0 Å². The minimum absolute atomic E-state index is 0.0118. The van der Waals surface area contributed by atoms with Crippen LogP contribution in [0.5, 0.6) is 0 Å². The highest BCUT2D eigenvalue weighted by molar-refractivity contribution is 8.16. The average molecular weight is 486 g/mol. The number of amides is 2. The maximum Gasteiger partial charge on any atom is 0.234 e. The molecule has 1 atom stereocenters. The van der Waals surface area contributed by atoms with Crippen LogP contribution in [0.25, 0.3) is 0 Å². The van der Waals surface area contributed by atoms with Gasteiger partial charge in [-0.05, 0) is 30.6 Å². The number of hydrogen-bond donors (Lipinski definition) is 0. The summed E-state index contributed by atoms with van der Waals surface area (Å²) >= 11 is 2.30. The van der Waals surface area contributed by atoms with Gasteiger partial charge in [0.05, 0.1) is 5.92 Å². The van der Waals surface area contributed by atoms with Crippen molar-refractivity contribution < 1.29 is 19.2 Å². The second-order valence-electron chi connectivity index (χ2n) is 12.6. The Bertz CT molecular complexity index is 702. The molecule has 1 aliphatic heterocycles. The largest absolute Gasteiger partial charge is 0.286 e. The first-order chi connectivity index (χ1) is 14.2. The van der Waals surface area contributed by atoms with Crippen LogP contribution in [0.15, 0.2) is 0 Å². The Hall–Kier alpha value is -0.820. The maximum atomic E-state index is 13.5. The molecule has 0 bridgehead atoms. The fraction of sp³-hybridized carbons (Fsp3) is 0.840. The van der Waals surface area contributed by atoms with E-state index in [2.05, 4.69) is 41.5 Å². The molecule has 0 spiro atoms. The molecule has 0 aromatic heterocycles. The highest BCUT2D eigenvalue weighted by Crippen LogP contribution is 2.44. The third-order valence-electron chi connectivity index (χ3n) is 5.17. The summed E-state index contributed by atoms with van der Waals surface area (Å²) in [6.07, 6.45) is 1.48. The smallest absolute Gasteiger partial charge is 0.234 e. The fourth-order valence-corrected chi connectivity index (χ4v) is 7.99. The van der Waals surface area contributed by atoms with Gasteiger partial charge in [-0.3, -0.25) is 24.1 Å². The molecule has 2 amide bonds. The van der Waals surface area contributed by atoms with Crippen molar-refractivity contribution in [3.05, 3.63) is 0 Å². The highest BCUT2D eigenvalue weighted by Gasteiger charge is 2.50. The van der Waals surface area contributed by atoms with Crippen LogP contribution in [0.3, 0.4) is 0 Å². The van der Waals surface area contributed by atoms with Crippen molar-refractivity contribution in [2.24, 2.45) is 22.7 Å². The van der Waals surface area contributed by atoms with Gasteiger partial charge in [-0.25, -0.2) is 0 Å². The van der Waals surface area contributed by atoms with Crippen LogP contribution < -0.4 is 0 Å². The third-order valence-corrected chi connectivity index (χ3v) is 7.48. The van der Waals surface area contributed by atoms with Gasteiger partial charge in [0.2, 0.25) is 22.0 Å². The number of hydrogen-bond acceptors (Lipinski definition) is 6. The lowest BCUT2D eigenvalue weighted by atomic mass is 9.86. The van der Waals surface area contributed by atoms with Crippen LogP contribution >= 0.6 is 23.5 Å². The molecule has 0 unspecified atom stereocenters. The zero-order valence-electron chi connectivity index (χ0n) is 21.9. The Balaban J connectivity index is 3.25. The second-order valence-corrected chi connectivity index (χ2v) is 16.0. The van der Waals surface area contributed by atoms with Gasteiger partial charge >= 0.3 is 0 Å². The summed E-state index contributed by atoms with van der Waals surface area (Å²) in [6, 6.07) is 0. The van der Waals surface area contributed by atoms with E-state index >= 15 is 0 Å². The van der Waals surface area contributed by atoms with E-state index in [1.54, 1.807) is 6.92 Å². The van der Waals surface area contributed by atoms with E-state index in [0.717, 1.165) is 36.4 Å². The quantitative estimate of drug-likeness (QED) is 0.313. The SMILES string of the molecule is CCN1C(=O)C[C@@H](C(C(=O)SC(C)(C)CC(C)(C)C)C(=O)SC(C)(C)CC(C)(C)C)C1=O. The molecule has 0 radical (unpaired) electrons. The van der Waals surface area contributed by atoms with Crippen molar-refractivity contribution in [1.82, 2.24) is 4.90 Å². The van der Waals surface area contributed by atoms with Gasteiger partial charge in [0, 0.05) is 22.5 Å². The van der Waals surface area contributed by atoms with E-state index in [4.69, 9.17) is 0 Å². The van der Waals surface area contributed by atoms with Gasteiger partial charge in [0.1, 0.15) is 5.92 Å². The summed E-state index contributed by atoms with van der Waals surface area (Å²) in [5.74, 6) is -2.71. The van der Waals surface area contributed by atoms with Gasteiger partial charge in [-0.2, -0.15) is 0 Å². The van der Waals surface area contributed by atoms with Gasteiger partial charge in [-0.15, -0.1) is 0 Å². The average Bonchev–Trinajstić information content (AvgIpc) is 2.74.